The normalized spacial score (nSPS) is 20.6. The third-order valence-electron chi connectivity index (χ3n) is 5.58. The standard InChI is InChI=1S/C22H27N3O4/c26-21(14-18-4-2-1-3-5-18)24-9-7-23(8-10-24)15-20-16-25(11-13-29-20)22(27)19-6-12-28-17-19/h1-6,12,17,20H,7-11,13-16H2. The van der Waals surface area contributed by atoms with Crippen molar-refractivity contribution in [2.75, 3.05) is 52.4 Å². The summed E-state index contributed by atoms with van der Waals surface area (Å²) in [7, 11) is 0. The molecule has 4 rings (SSSR count). The van der Waals surface area contributed by atoms with E-state index >= 15 is 0 Å². The van der Waals surface area contributed by atoms with Gasteiger partial charge in [0.25, 0.3) is 5.91 Å². The van der Waals surface area contributed by atoms with Gasteiger partial charge in [-0.25, -0.2) is 0 Å². The number of nitrogens with zero attached hydrogens (tertiary/aromatic N) is 3. The molecule has 2 saturated heterocycles. The molecule has 2 aliphatic heterocycles. The maximum Gasteiger partial charge on any atom is 0.257 e. The van der Waals surface area contributed by atoms with E-state index in [2.05, 4.69) is 4.90 Å². The first kappa shape index (κ1) is 19.7. The smallest absolute Gasteiger partial charge is 0.257 e. The van der Waals surface area contributed by atoms with Gasteiger partial charge in [0, 0.05) is 45.8 Å². The monoisotopic (exact) mass is 397 g/mol. The van der Waals surface area contributed by atoms with E-state index in [1.54, 1.807) is 6.07 Å². The van der Waals surface area contributed by atoms with Gasteiger partial charge in [0.05, 0.1) is 31.0 Å². The molecule has 2 aromatic rings. The van der Waals surface area contributed by atoms with Crippen LogP contribution in [0.2, 0.25) is 0 Å². The summed E-state index contributed by atoms with van der Waals surface area (Å²) < 4.78 is 10.9. The van der Waals surface area contributed by atoms with Crippen LogP contribution in [0.3, 0.4) is 0 Å². The maximum absolute atomic E-state index is 12.5. The molecule has 1 atom stereocenters. The van der Waals surface area contributed by atoms with Crippen LogP contribution in [0.25, 0.3) is 0 Å². The minimum Gasteiger partial charge on any atom is -0.472 e. The zero-order chi connectivity index (χ0) is 20.1. The van der Waals surface area contributed by atoms with Crippen LogP contribution in [0, 0.1) is 0 Å². The van der Waals surface area contributed by atoms with Crippen molar-refractivity contribution in [2.45, 2.75) is 12.5 Å². The van der Waals surface area contributed by atoms with Crippen LogP contribution in [0.4, 0.5) is 0 Å². The van der Waals surface area contributed by atoms with Gasteiger partial charge < -0.3 is 19.0 Å². The summed E-state index contributed by atoms with van der Waals surface area (Å²) >= 11 is 0. The Labute approximate surface area is 170 Å². The SMILES string of the molecule is O=C(Cc1ccccc1)N1CCN(CC2CN(C(=O)c3ccoc3)CCO2)CC1. The number of benzene rings is 1. The van der Waals surface area contributed by atoms with Crippen LogP contribution in [0.15, 0.2) is 53.3 Å². The number of amides is 2. The number of morpholine rings is 1. The lowest BCUT2D eigenvalue weighted by Gasteiger charge is -2.39. The molecule has 1 aromatic carbocycles. The number of rotatable bonds is 5. The Balaban J connectivity index is 1.23. The first-order chi connectivity index (χ1) is 14.2. The predicted molar refractivity (Wildman–Crippen MR) is 108 cm³/mol. The fourth-order valence-electron chi connectivity index (χ4n) is 3.93. The first-order valence-electron chi connectivity index (χ1n) is 10.2. The lowest BCUT2D eigenvalue weighted by molar-refractivity contribution is -0.132. The summed E-state index contributed by atoms with van der Waals surface area (Å²) in [4.78, 5) is 31.1. The molecule has 0 radical (unpaired) electrons. The van der Waals surface area contributed by atoms with Gasteiger partial charge in [-0.05, 0) is 11.6 Å². The van der Waals surface area contributed by atoms with Crippen molar-refractivity contribution in [1.82, 2.24) is 14.7 Å². The number of carbonyl (C=O) groups excluding carboxylic acids is 2. The predicted octanol–water partition coefficient (Wildman–Crippen LogP) is 1.51. The minimum atomic E-state index is -0.0108. The highest BCUT2D eigenvalue weighted by Crippen LogP contribution is 2.14. The molecule has 0 bridgehead atoms. The molecule has 154 valence electrons. The summed E-state index contributed by atoms with van der Waals surface area (Å²) in [6.07, 6.45) is 3.45. The van der Waals surface area contributed by atoms with E-state index in [0.717, 1.165) is 38.3 Å². The summed E-state index contributed by atoms with van der Waals surface area (Å²) in [5, 5.41) is 0. The second-order valence-corrected chi connectivity index (χ2v) is 7.60. The van der Waals surface area contributed by atoms with Crippen LogP contribution in [0.1, 0.15) is 15.9 Å². The molecule has 0 saturated carbocycles. The van der Waals surface area contributed by atoms with Crippen LogP contribution in [-0.4, -0.2) is 85.0 Å². The molecular formula is C22H27N3O4. The maximum atomic E-state index is 12.5. The molecule has 1 unspecified atom stereocenters. The Bertz CT molecular complexity index is 801. The summed E-state index contributed by atoms with van der Waals surface area (Å²) in [5.41, 5.74) is 1.63. The molecule has 2 aliphatic rings. The average Bonchev–Trinajstić information content (AvgIpc) is 3.29. The summed E-state index contributed by atoms with van der Waals surface area (Å²) in [6.45, 7) is 5.62. The molecule has 7 heteroatoms. The number of piperazine rings is 1. The highest BCUT2D eigenvalue weighted by Gasteiger charge is 2.29. The quantitative estimate of drug-likeness (QED) is 0.765. The van der Waals surface area contributed by atoms with Crippen molar-refractivity contribution in [3.8, 4) is 0 Å². The van der Waals surface area contributed by atoms with Crippen LogP contribution in [-0.2, 0) is 16.0 Å². The Hall–Kier alpha value is -2.64. The topological polar surface area (TPSA) is 66.2 Å². The number of carbonyl (C=O) groups is 2. The van der Waals surface area contributed by atoms with Crippen molar-refractivity contribution in [3.05, 3.63) is 60.1 Å². The summed E-state index contributed by atoms with van der Waals surface area (Å²) in [6, 6.07) is 11.6. The zero-order valence-electron chi connectivity index (χ0n) is 16.5. The fourth-order valence-corrected chi connectivity index (χ4v) is 3.93. The van der Waals surface area contributed by atoms with E-state index in [9.17, 15) is 9.59 Å². The van der Waals surface area contributed by atoms with Gasteiger partial charge in [-0.2, -0.15) is 0 Å². The second-order valence-electron chi connectivity index (χ2n) is 7.60. The number of hydrogen-bond acceptors (Lipinski definition) is 5. The molecule has 0 aliphatic carbocycles. The van der Waals surface area contributed by atoms with Gasteiger partial charge in [0.1, 0.15) is 6.26 Å². The molecule has 3 heterocycles. The fraction of sp³-hybridized carbons (Fsp3) is 0.455. The van der Waals surface area contributed by atoms with Gasteiger partial charge in [-0.1, -0.05) is 30.3 Å². The van der Waals surface area contributed by atoms with Crippen LogP contribution < -0.4 is 0 Å². The molecule has 2 fully saturated rings. The van der Waals surface area contributed by atoms with Crippen molar-refractivity contribution >= 4 is 11.8 Å². The molecule has 0 N–H and O–H groups in total. The van der Waals surface area contributed by atoms with E-state index in [4.69, 9.17) is 9.15 Å². The largest absolute Gasteiger partial charge is 0.472 e. The van der Waals surface area contributed by atoms with Gasteiger partial charge in [-0.3, -0.25) is 14.5 Å². The molecular weight excluding hydrogens is 370 g/mol. The Kier molecular flexibility index (Phi) is 6.27. The third-order valence-corrected chi connectivity index (χ3v) is 5.58. The third kappa shape index (κ3) is 5.05. The first-order valence-corrected chi connectivity index (χ1v) is 10.2. The minimum absolute atomic E-state index is 0.00817. The van der Waals surface area contributed by atoms with Crippen molar-refractivity contribution in [1.29, 1.82) is 0 Å². The van der Waals surface area contributed by atoms with E-state index in [-0.39, 0.29) is 17.9 Å². The van der Waals surface area contributed by atoms with Gasteiger partial charge in [-0.15, -0.1) is 0 Å². The van der Waals surface area contributed by atoms with E-state index in [1.807, 2.05) is 40.1 Å². The van der Waals surface area contributed by atoms with Gasteiger partial charge in [0.15, 0.2) is 0 Å². The molecule has 7 nitrogen and oxygen atoms in total. The Morgan fingerprint density at radius 2 is 1.76 bits per heavy atom. The molecule has 0 spiro atoms. The highest BCUT2D eigenvalue weighted by atomic mass is 16.5. The lowest BCUT2D eigenvalue weighted by Crippen LogP contribution is -2.54. The zero-order valence-corrected chi connectivity index (χ0v) is 16.5. The molecule has 29 heavy (non-hydrogen) atoms. The number of ether oxygens (including phenoxy) is 1. The lowest BCUT2D eigenvalue weighted by atomic mass is 10.1. The van der Waals surface area contributed by atoms with E-state index in [0.29, 0.717) is 31.7 Å². The Morgan fingerprint density at radius 1 is 0.966 bits per heavy atom. The molecule has 1 aromatic heterocycles. The van der Waals surface area contributed by atoms with Crippen LogP contribution in [0.5, 0.6) is 0 Å². The Morgan fingerprint density at radius 3 is 2.48 bits per heavy atom. The average molecular weight is 397 g/mol. The number of hydrogen-bond donors (Lipinski definition) is 0. The molecule has 2 amide bonds. The van der Waals surface area contributed by atoms with Crippen molar-refractivity contribution in [3.63, 3.8) is 0 Å². The van der Waals surface area contributed by atoms with Crippen LogP contribution >= 0.6 is 0 Å². The van der Waals surface area contributed by atoms with E-state index < -0.39 is 0 Å². The van der Waals surface area contributed by atoms with E-state index in [1.165, 1.54) is 12.5 Å². The number of furan rings is 1. The second kappa shape index (κ2) is 9.24. The van der Waals surface area contributed by atoms with Crippen molar-refractivity contribution in [2.24, 2.45) is 0 Å². The van der Waals surface area contributed by atoms with Crippen molar-refractivity contribution < 1.29 is 18.7 Å². The van der Waals surface area contributed by atoms with Gasteiger partial charge >= 0.3 is 0 Å². The van der Waals surface area contributed by atoms with Gasteiger partial charge in [0.2, 0.25) is 5.91 Å². The highest BCUT2D eigenvalue weighted by molar-refractivity contribution is 5.93. The summed E-state index contributed by atoms with van der Waals surface area (Å²) in [5.74, 6) is 0.171.